The van der Waals surface area contributed by atoms with E-state index < -0.39 is 0 Å². The fourth-order valence-electron chi connectivity index (χ4n) is 0.406. The molecule has 0 bridgehead atoms. The average molecular weight is 87.1 g/mol. The van der Waals surface area contributed by atoms with Gasteiger partial charge in [0.25, 0.3) is 0 Å². The van der Waals surface area contributed by atoms with E-state index in [2.05, 4.69) is 0 Å². The third-order valence-electron chi connectivity index (χ3n) is 1.03. The summed E-state index contributed by atoms with van der Waals surface area (Å²) in [7, 11) is 0. The molecule has 6 heavy (non-hydrogen) atoms. The number of hydrogen-bond acceptors (Lipinski definition) is 3. The van der Waals surface area contributed by atoms with Crippen molar-refractivity contribution in [2.24, 2.45) is 11.6 Å². The number of rotatable bonds is 1. The van der Waals surface area contributed by atoms with Crippen LogP contribution in [0.2, 0.25) is 0 Å². The highest BCUT2D eigenvalue weighted by molar-refractivity contribution is 4.84. The molecule has 4 N–H and O–H groups in total. The van der Waals surface area contributed by atoms with Crippen LogP contribution < -0.4 is 11.6 Å². The van der Waals surface area contributed by atoms with Gasteiger partial charge in [0, 0.05) is 13.1 Å². The maximum Gasteiger partial charge on any atom is 0.0505 e. The van der Waals surface area contributed by atoms with Gasteiger partial charge < -0.3 is 5.73 Å². The van der Waals surface area contributed by atoms with Crippen LogP contribution in [-0.4, -0.2) is 24.1 Å². The van der Waals surface area contributed by atoms with Crippen LogP contribution >= 0.6 is 0 Å². The van der Waals surface area contributed by atoms with Crippen molar-refractivity contribution in [2.75, 3.05) is 13.1 Å². The summed E-state index contributed by atoms with van der Waals surface area (Å²) in [6.45, 7) is 1.69. The predicted octanol–water partition coefficient (Wildman–Crippen LogP) is -1.50. The second kappa shape index (κ2) is 1.18. The van der Waals surface area contributed by atoms with E-state index in [0.29, 0.717) is 12.6 Å². The average Bonchev–Trinajstić information content (AvgIpc) is 2.19. The molecule has 1 aliphatic rings. The summed E-state index contributed by atoms with van der Waals surface area (Å²) in [5.74, 6) is 5.23. The van der Waals surface area contributed by atoms with E-state index in [1.54, 1.807) is 5.01 Å². The summed E-state index contributed by atoms with van der Waals surface area (Å²) >= 11 is 0. The van der Waals surface area contributed by atoms with Gasteiger partial charge in [-0.25, -0.2) is 5.01 Å². The van der Waals surface area contributed by atoms with Crippen molar-refractivity contribution in [1.29, 1.82) is 0 Å². The molecule has 1 heterocycles. The fourth-order valence-corrected chi connectivity index (χ4v) is 0.406. The smallest absolute Gasteiger partial charge is 0.0505 e. The maximum atomic E-state index is 5.23. The second-order valence-electron chi connectivity index (χ2n) is 1.59. The molecule has 0 aliphatic carbocycles. The molecule has 3 heteroatoms. The van der Waals surface area contributed by atoms with Gasteiger partial charge in [0.2, 0.25) is 0 Å². The first-order chi connectivity index (χ1) is 2.84. The molecule has 0 saturated carbocycles. The summed E-state index contributed by atoms with van der Waals surface area (Å²) in [6, 6.07) is 0.491. The van der Waals surface area contributed by atoms with Gasteiger partial charge in [0.15, 0.2) is 0 Å². The molecule has 0 radical (unpaired) electrons. The Hall–Kier alpha value is -0.120. The van der Waals surface area contributed by atoms with Crippen molar-refractivity contribution in [3.05, 3.63) is 0 Å². The van der Waals surface area contributed by atoms with Gasteiger partial charge in [-0.1, -0.05) is 0 Å². The Morgan fingerprint density at radius 1 is 1.83 bits per heavy atom. The molecule has 0 spiro atoms. The fraction of sp³-hybridized carbons (Fsp3) is 1.00. The van der Waals surface area contributed by atoms with Crippen molar-refractivity contribution in [3.8, 4) is 0 Å². The molecular weight excluding hydrogens is 78.1 g/mol. The van der Waals surface area contributed by atoms with E-state index in [9.17, 15) is 0 Å². The summed E-state index contributed by atoms with van der Waals surface area (Å²) in [5, 5.41) is 1.72. The Bertz CT molecular complexity index is 52.0. The molecule has 3 nitrogen and oxygen atoms in total. The summed E-state index contributed by atoms with van der Waals surface area (Å²) in [4.78, 5) is 0. The topological polar surface area (TPSA) is 55.0 Å². The Balaban J connectivity index is 2.09. The SMILES string of the molecule is NCC1CN1N. The molecule has 1 aliphatic heterocycles. The normalized spacial score (nSPS) is 43.0. The minimum atomic E-state index is 0.491. The van der Waals surface area contributed by atoms with Crippen molar-refractivity contribution in [3.63, 3.8) is 0 Å². The third-order valence-corrected chi connectivity index (χ3v) is 1.03. The molecule has 2 atom stereocenters. The zero-order chi connectivity index (χ0) is 4.57. The van der Waals surface area contributed by atoms with Crippen LogP contribution in [-0.2, 0) is 0 Å². The Morgan fingerprint density at radius 3 is 2.33 bits per heavy atom. The van der Waals surface area contributed by atoms with Crippen LogP contribution in [0.1, 0.15) is 0 Å². The Morgan fingerprint density at radius 2 is 2.33 bits per heavy atom. The lowest BCUT2D eigenvalue weighted by Gasteiger charge is -1.84. The Labute approximate surface area is 36.9 Å². The van der Waals surface area contributed by atoms with Gasteiger partial charge in [0.05, 0.1) is 6.04 Å². The van der Waals surface area contributed by atoms with Crippen molar-refractivity contribution >= 4 is 0 Å². The lowest BCUT2D eigenvalue weighted by atomic mass is 10.5. The van der Waals surface area contributed by atoms with Gasteiger partial charge in [-0.2, -0.15) is 0 Å². The van der Waals surface area contributed by atoms with Crippen molar-refractivity contribution < 1.29 is 0 Å². The molecule has 1 rings (SSSR count). The Kier molecular flexibility index (Phi) is 0.799. The summed E-state index contributed by atoms with van der Waals surface area (Å²) < 4.78 is 0. The number of hydrogen-bond donors (Lipinski definition) is 2. The van der Waals surface area contributed by atoms with Crippen molar-refractivity contribution in [2.45, 2.75) is 6.04 Å². The second-order valence-corrected chi connectivity index (χ2v) is 1.59. The highest BCUT2D eigenvalue weighted by Gasteiger charge is 2.28. The number of nitrogens with two attached hydrogens (primary N) is 2. The molecule has 1 fully saturated rings. The van der Waals surface area contributed by atoms with E-state index in [4.69, 9.17) is 11.6 Å². The van der Waals surface area contributed by atoms with Crippen LogP contribution in [0, 0.1) is 0 Å². The summed E-state index contributed by atoms with van der Waals surface area (Å²) in [5.41, 5.74) is 5.20. The lowest BCUT2D eigenvalue weighted by Crippen LogP contribution is -2.16. The highest BCUT2D eigenvalue weighted by Crippen LogP contribution is 2.06. The van der Waals surface area contributed by atoms with E-state index in [-0.39, 0.29) is 0 Å². The molecule has 2 unspecified atom stereocenters. The van der Waals surface area contributed by atoms with Crippen LogP contribution in [0.3, 0.4) is 0 Å². The molecule has 36 valence electrons. The third kappa shape index (κ3) is 0.518. The first-order valence-corrected chi connectivity index (χ1v) is 2.06. The first kappa shape index (κ1) is 4.05. The van der Waals surface area contributed by atoms with E-state index in [1.807, 2.05) is 0 Å². The van der Waals surface area contributed by atoms with Gasteiger partial charge >= 0.3 is 0 Å². The quantitative estimate of drug-likeness (QED) is 0.302. The molecule has 1 saturated heterocycles. The van der Waals surface area contributed by atoms with Crippen LogP contribution in [0.4, 0.5) is 0 Å². The summed E-state index contributed by atoms with van der Waals surface area (Å²) in [6.07, 6.45) is 0. The van der Waals surface area contributed by atoms with Crippen LogP contribution in [0.15, 0.2) is 0 Å². The van der Waals surface area contributed by atoms with Gasteiger partial charge in [-0.15, -0.1) is 0 Å². The van der Waals surface area contributed by atoms with E-state index in [1.165, 1.54) is 0 Å². The van der Waals surface area contributed by atoms with Crippen molar-refractivity contribution in [1.82, 2.24) is 5.01 Å². The number of nitrogens with zero attached hydrogens (tertiary/aromatic N) is 1. The number of hydrazine groups is 1. The maximum absolute atomic E-state index is 5.23. The molecule has 0 amide bonds. The van der Waals surface area contributed by atoms with Gasteiger partial charge in [-0.05, 0) is 0 Å². The molecule has 0 aromatic carbocycles. The van der Waals surface area contributed by atoms with Crippen LogP contribution in [0.25, 0.3) is 0 Å². The molecule has 0 aromatic heterocycles. The zero-order valence-corrected chi connectivity index (χ0v) is 3.59. The van der Waals surface area contributed by atoms with Gasteiger partial charge in [-0.3, -0.25) is 5.84 Å². The zero-order valence-electron chi connectivity index (χ0n) is 3.59. The molecular formula is C3H9N3. The standard InChI is InChI=1S/C3H9N3/c4-1-3-2-6(3)5/h3H,1-2,4-5H2. The van der Waals surface area contributed by atoms with Crippen LogP contribution in [0.5, 0.6) is 0 Å². The van der Waals surface area contributed by atoms with E-state index in [0.717, 1.165) is 6.54 Å². The first-order valence-electron chi connectivity index (χ1n) is 2.06. The lowest BCUT2D eigenvalue weighted by molar-refractivity contribution is 0.540. The van der Waals surface area contributed by atoms with E-state index >= 15 is 0 Å². The monoisotopic (exact) mass is 87.1 g/mol. The highest BCUT2D eigenvalue weighted by atomic mass is 15.5. The molecule has 0 aromatic rings. The predicted molar refractivity (Wildman–Crippen MR) is 23.7 cm³/mol. The minimum Gasteiger partial charge on any atom is -0.329 e. The van der Waals surface area contributed by atoms with Gasteiger partial charge in [0.1, 0.15) is 0 Å². The minimum absolute atomic E-state index is 0.491. The largest absolute Gasteiger partial charge is 0.329 e.